The van der Waals surface area contributed by atoms with Gasteiger partial charge in [0.1, 0.15) is 0 Å². The van der Waals surface area contributed by atoms with Crippen LogP contribution in [-0.2, 0) is 9.53 Å². The fraction of sp³-hybridized carbons (Fsp3) is 0.125. The number of benzene rings is 3. The van der Waals surface area contributed by atoms with Crippen molar-refractivity contribution in [3.8, 4) is 0 Å². The number of carbonyl (C=O) groups is 1. The molecule has 136 valence electrons. The highest BCUT2D eigenvalue weighted by molar-refractivity contribution is 6.30. The van der Waals surface area contributed by atoms with Crippen molar-refractivity contribution in [3.63, 3.8) is 0 Å². The lowest BCUT2D eigenvalue weighted by atomic mass is 9.88. The van der Waals surface area contributed by atoms with Crippen LogP contribution in [0.5, 0.6) is 0 Å². The number of halogens is 1. The number of hydrogen-bond donors (Lipinski definition) is 0. The maximum atomic E-state index is 12.0. The van der Waals surface area contributed by atoms with Gasteiger partial charge in [-0.2, -0.15) is 0 Å². The average molecular weight is 377 g/mol. The molecular formula is C24H21ClO2. The lowest BCUT2D eigenvalue weighted by molar-refractivity contribution is -0.140. The Kier molecular flexibility index (Phi) is 6.45. The molecule has 0 spiro atoms. The molecule has 3 heteroatoms. The van der Waals surface area contributed by atoms with Crippen molar-refractivity contribution in [2.45, 2.75) is 12.3 Å². The van der Waals surface area contributed by atoms with Gasteiger partial charge in [-0.15, -0.1) is 0 Å². The van der Waals surface area contributed by atoms with E-state index >= 15 is 0 Å². The second-order valence-corrected chi connectivity index (χ2v) is 6.69. The first-order chi connectivity index (χ1) is 13.2. The molecular weight excluding hydrogens is 356 g/mol. The van der Waals surface area contributed by atoms with Gasteiger partial charge in [-0.05, 0) is 34.4 Å². The first-order valence-corrected chi connectivity index (χ1v) is 9.20. The van der Waals surface area contributed by atoms with E-state index in [1.54, 1.807) is 0 Å². The number of carbonyl (C=O) groups excluding carboxylic acids is 1. The smallest absolute Gasteiger partial charge is 0.306 e. The average Bonchev–Trinajstić information content (AvgIpc) is 2.73. The molecule has 0 saturated heterocycles. The molecule has 0 N–H and O–H groups in total. The third-order valence-electron chi connectivity index (χ3n) is 4.45. The summed E-state index contributed by atoms with van der Waals surface area (Å²) in [5.41, 5.74) is 4.31. The largest absolute Gasteiger partial charge is 0.469 e. The third-order valence-corrected chi connectivity index (χ3v) is 4.70. The molecule has 3 aromatic carbocycles. The molecule has 0 radical (unpaired) electrons. The van der Waals surface area contributed by atoms with Crippen molar-refractivity contribution in [1.29, 1.82) is 0 Å². The predicted molar refractivity (Wildman–Crippen MR) is 111 cm³/mol. The van der Waals surface area contributed by atoms with Gasteiger partial charge >= 0.3 is 5.97 Å². The molecule has 0 aliphatic heterocycles. The van der Waals surface area contributed by atoms with Crippen LogP contribution in [0.3, 0.4) is 0 Å². The summed E-state index contributed by atoms with van der Waals surface area (Å²) in [6, 6.07) is 28.0. The van der Waals surface area contributed by atoms with Crippen molar-refractivity contribution in [3.05, 3.63) is 113 Å². The van der Waals surface area contributed by atoms with Crippen LogP contribution in [0, 0.1) is 0 Å². The van der Waals surface area contributed by atoms with Gasteiger partial charge in [0.2, 0.25) is 0 Å². The molecule has 0 unspecified atom stereocenters. The van der Waals surface area contributed by atoms with Gasteiger partial charge in [-0.3, -0.25) is 4.79 Å². The number of rotatable bonds is 6. The highest BCUT2D eigenvalue weighted by Crippen LogP contribution is 2.31. The van der Waals surface area contributed by atoms with Gasteiger partial charge < -0.3 is 4.74 Å². The summed E-state index contributed by atoms with van der Waals surface area (Å²) in [7, 11) is 1.42. The molecule has 2 nitrogen and oxygen atoms in total. The van der Waals surface area contributed by atoms with Crippen molar-refractivity contribution in [2.24, 2.45) is 0 Å². The van der Waals surface area contributed by atoms with Gasteiger partial charge in [0.15, 0.2) is 0 Å². The van der Waals surface area contributed by atoms with E-state index in [0.29, 0.717) is 5.02 Å². The van der Waals surface area contributed by atoms with Crippen LogP contribution in [0.4, 0.5) is 0 Å². The van der Waals surface area contributed by atoms with Crippen molar-refractivity contribution in [1.82, 2.24) is 0 Å². The number of methoxy groups -OCH3 is 1. The summed E-state index contributed by atoms with van der Waals surface area (Å²) < 4.78 is 4.92. The lowest BCUT2D eigenvalue weighted by Gasteiger charge is -2.16. The van der Waals surface area contributed by atoms with Crippen LogP contribution in [0.25, 0.3) is 5.57 Å². The molecule has 0 saturated carbocycles. The zero-order chi connectivity index (χ0) is 19.1. The fourth-order valence-corrected chi connectivity index (χ4v) is 3.17. The van der Waals surface area contributed by atoms with Gasteiger partial charge in [-0.25, -0.2) is 0 Å². The SMILES string of the molecule is COC(=O)C[C@H](C=C(c1ccccc1)c1ccccc1)c1ccc(Cl)cc1. The number of hydrogen-bond acceptors (Lipinski definition) is 2. The Morgan fingerprint density at radius 3 is 1.89 bits per heavy atom. The van der Waals surface area contributed by atoms with E-state index in [1.165, 1.54) is 7.11 Å². The van der Waals surface area contributed by atoms with E-state index in [0.717, 1.165) is 22.3 Å². The fourth-order valence-electron chi connectivity index (χ4n) is 3.04. The first-order valence-electron chi connectivity index (χ1n) is 8.82. The first kappa shape index (κ1) is 18.9. The summed E-state index contributed by atoms with van der Waals surface area (Å²) in [6.07, 6.45) is 2.41. The summed E-state index contributed by atoms with van der Waals surface area (Å²) in [5.74, 6) is -0.364. The number of allylic oxidation sites excluding steroid dienone is 1. The van der Waals surface area contributed by atoms with Crippen molar-refractivity contribution < 1.29 is 9.53 Å². The van der Waals surface area contributed by atoms with E-state index in [1.807, 2.05) is 60.7 Å². The minimum atomic E-state index is -0.244. The maximum absolute atomic E-state index is 12.0. The van der Waals surface area contributed by atoms with Crippen LogP contribution in [0.1, 0.15) is 29.0 Å². The van der Waals surface area contributed by atoms with Crippen LogP contribution in [0.2, 0.25) is 5.02 Å². The van der Waals surface area contributed by atoms with Gasteiger partial charge in [0.05, 0.1) is 13.5 Å². The molecule has 27 heavy (non-hydrogen) atoms. The Labute approximate surface area is 165 Å². The molecule has 0 bridgehead atoms. The van der Waals surface area contributed by atoms with E-state index < -0.39 is 0 Å². The number of esters is 1. The van der Waals surface area contributed by atoms with E-state index in [-0.39, 0.29) is 18.3 Å². The molecule has 0 amide bonds. The zero-order valence-corrected chi connectivity index (χ0v) is 15.9. The quantitative estimate of drug-likeness (QED) is 0.484. The predicted octanol–water partition coefficient (Wildman–Crippen LogP) is 6.12. The minimum Gasteiger partial charge on any atom is -0.469 e. The summed E-state index contributed by atoms with van der Waals surface area (Å²) in [5, 5.41) is 0.672. The summed E-state index contributed by atoms with van der Waals surface area (Å²) in [4.78, 5) is 12.0. The Morgan fingerprint density at radius 2 is 1.41 bits per heavy atom. The summed E-state index contributed by atoms with van der Waals surface area (Å²) in [6.45, 7) is 0. The van der Waals surface area contributed by atoms with Gasteiger partial charge in [-0.1, -0.05) is 90.5 Å². The molecule has 1 atom stereocenters. The van der Waals surface area contributed by atoms with Crippen LogP contribution in [-0.4, -0.2) is 13.1 Å². The van der Waals surface area contributed by atoms with E-state index in [2.05, 4.69) is 30.3 Å². The van der Waals surface area contributed by atoms with Gasteiger partial charge in [0, 0.05) is 10.9 Å². The standard InChI is InChI=1S/C24H21ClO2/c1-27-24(26)17-21(18-12-14-22(25)15-13-18)16-23(19-8-4-2-5-9-19)20-10-6-3-7-11-20/h2-16,21H,17H2,1H3/t21-/m0/s1. The van der Waals surface area contributed by atoms with Gasteiger partial charge in [0.25, 0.3) is 0 Å². The molecule has 0 aliphatic carbocycles. The number of ether oxygens (including phenoxy) is 1. The Bertz CT molecular complexity index is 859. The Hall–Kier alpha value is -2.84. The highest BCUT2D eigenvalue weighted by Gasteiger charge is 2.17. The molecule has 0 heterocycles. The van der Waals surface area contributed by atoms with Crippen LogP contribution >= 0.6 is 11.6 Å². The highest BCUT2D eigenvalue weighted by atomic mass is 35.5. The normalized spacial score (nSPS) is 11.5. The van der Waals surface area contributed by atoms with Crippen molar-refractivity contribution in [2.75, 3.05) is 7.11 Å². The zero-order valence-electron chi connectivity index (χ0n) is 15.1. The monoisotopic (exact) mass is 376 g/mol. The van der Waals surface area contributed by atoms with Crippen LogP contribution < -0.4 is 0 Å². The van der Waals surface area contributed by atoms with Crippen molar-refractivity contribution >= 4 is 23.1 Å². The van der Waals surface area contributed by atoms with E-state index in [4.69, 9.17) is 16.3 Å². The second kappa shape index (κ2) is 9.20. The topological polar surface area (TPSA) is 26.3 Å². The maximum Gasteiger partial charge on any atom is 0.306 e. The Morgan fingerprint density at radius 1 is 0.889 bits per heavy atom. The third kappa shape index (κ3) is 5.08. The molecule has 3 aromatic rings. The molecule has 3 rings (SSSR count). The Balaban J connectivity index is 2.10. The van der Waals surface area contributed by atoms with Crippen LogP contribution in [0.15, 0.2) is 91.0 Å². The molecule has 0 aromatic heterocycles. The second-order valence-electron chi connectivity index (χ2n) is 6.25. The minimum absolute atomic E-state index is 0.120. The molecule has 0 aliphatic rings. The molecule has 0 fully saturated rings. The van der Waals surface area contributed by atoms with E-state index in [9.17, 15) is 4.79 Å². The lowest BCUT2D eigenvalue weighted by Crippen LogP contribution is -2.08. The summed E-state index contributed by atoms with van der Waals surface area (Å²) >= 11 is 6.04.